The number of rotatable bonds is 7. The first kappa shape index (κ1) is 21.1. The number of carbonyl (C=O) groups excluding carboxylic acids is 2. The largest absolute Gasteiger partial charge is 0.375 e. The first-order chi connectivity index (χ1) is 14.1. The van der Waals surface area contributed by atoms with E-state index in [1.807, 2.05) is 30.0 Å². The van der Waals surface area contributed by atoms with E-state index in [9.17, 15) is 9.59 Å². The molecule has 1 fully saturated rings. The predicted octanol–water partition coefficient (Wildman–Crippen LogP) is 2.14. The maximum absolute atomic E-state index is 12.9. The zero-order chi connectivity index (χ0) is 20.6. The van der Waals surface area contributed by atoms with Crippen molar-refractivity contribution in [2.45, 2.75) is 11.9 Å². The van der Waals surface area contributed by atoms with Gasteiger partial charge in [-0.15, -0.1) is 11.8 Å². The summed E-state index contributed by atoms with van der Waals surface area (Å²) < 4.78 is 4.80. The molecule has 9 heteroatoms. The molecule has 3 rings (SSSR count). The van der Waals surface area contributed by atoms with E-state index in [1.165, 1.54) is 7.11 Å². The second kappa shape index (κ2) is 10.2. The fourth-order valence-corrected chi connectivity index (χ4v) is 3.81. The van der Waals surface area contributed by atoms with Gasteiger partial charge >= 0.3 is 0 Å². The van der Waals surface area contributed by atoms with Crippen LogP contribution < -0.4 is 10.2 Å². The monoisotopic (exact) mass is 415 g/mol. The molecule has 0 saturated carbocycles. The van der Waals surface area contributed by atoms with Gasteiger partial charge in [0.15, 0.2) is 0 Å². The molecule has 0 atom stereocenters. The number of anilines is 2. The van der Waals surface area contributed by atoms with Gasteiger partial charge in [0.05, 0.1) is 17.4 Å². The van der Waals surface area contributed by atoms with Crippen LogP contribution in [0.2, 0.25) is 0 Å². The summed E-state index contributed by atoms with van der Waals surface area (Å²) in [5.41, 5.74) is 1.30. The Bertz CT molecular complexity index is 838. The number of nitrogens with zero attached hydrogens (tertiary/aromatic N) is 4. The van der Waals surface area contributed by atoms with E-state index in [0.29, 0.717) is 37.4 Å². The molecule has 1 aliphatic rings. The van der Waals surface area contributed by atoms with Crippen molar-refractivity contribution in [1.29, 1.82) is 0 Å². The fourth-order valence-electron chi connectivity index (χ4n) is 3.09. The average Bonchev–Trinajstić information content (AvgIpc) is 2.75. The number of thioether (sulfide) groups is 1. The van der Waals surface area contributed by atoms with Crippen molar-refractivity contribution >= 4 is 35.1 Å². The van der Waals surface area contributed by atoms with Gasteiger partial charge in [-0.2, -0.15) is 0 Å². The van der Waals surface area contributed by atoms with E-state index in [1.54, 1.807) is 30.2 Å². The lowest BCUT2D eigenvalue weighted by Crippen LogP contribution is -2.49. The van der Waals surface area contributed by atoms with Crippen LogP contribution in [0.1, 0.15) is 17.3 Å². The number of amides is 2. The number of hydrogen-bond acceptors (Lipinski definition) is 7. The predicted molar refractivity (Wildman–Crippen MR) is 113 cm³/mol. The number of ether oxygens (including phenoxy) is 1. The molecule has 0 aromatic carbocycles. The van der Waals surface area contributed by atoms with Crippen molar-refractivity contribution in [2.75, 3.05) is 55.9 Å². The summed E-state index contributed by atoms with van der Waals surface area (Å²) >= 11 is 1.58. The van der Waals surface area contributed by atoms with Gasteiger partial charge < -0.3 is 19.9 Å². The summed E-state index contributed by atoms with van der Waals surface area (Å²) in [6.07, 6.45) is 3.35. The molecule has 3 heterocycles. The van der Waals surface area contributed by atoms with Crippen LogP contribution in [0.25, 0.3) is 0 Å². The van der Waals surface area contributed by atoms with Crippen molar-refractivity contribution < 1.29 is 14.3 Å². The summed E-state index contributed by atoms with van der Waals surface area (Å²) in [7, 11) is 1.48. The Hall–Kier alpha value is -2.65. The minimum atomic E-state index is -0.217. The van der Waals surface area contributed by atoms with E-state index in [4.69, 9.17) is 4.74 Å². The van der Waals surface area contributed by atoms with Crippen LogP contribution in [-0.2, 0) is 9.53 Å². The first-order valence-corrected chi connectivity index (χ1v) is 10.5. The fraction of sp³-hybridized carbons (Fsp3) is 0.400. The topological polar surface area (TPSA) is 87.7 Å². The van der Waals surface area contributed by atoms with Crippen LogP contribution >= 0.6 is 11.8 Å². The summed E-state index contributed by atoms with van der Waals surface area (Å²) in [5.74, 6) is 1.51. The Balaban J connectivity index is 1.58. The number of hydrogen-bond donors (Lipinski definition) is 1. The van der Waals surface area contributed by atoms with Gasteiger partial charge in [-0.3, -0.25) is 9.59 Å². The number of aromatic nitrogens is 2. The third-order valence-corrected chi connectivity index (χ3v) is 5.37. The van der Waals surface area contributed by atoms with Crippen LogP contribution in [0.3, 0.4) is 0 Å². The summed E-state index contributed by atoms with van der Waals surface area (Å²) in [6, 6.07) is 7.34. The minimum absolute atomic E-state index is 0.00709. The molecule has 2 aromatic heterocycles. The highest BCUT2D eigenvalue weighted by Gasteiger charge is 2.24. The van der Waals surface area contributed by atoms with Crippen LogP contribution in [-0.4, -0.2) is 72.3 Å². The SMILES string of the molecule is CCSc1ncccc1C(=O)N1CCN(c2ccc(NC(=O)COC)cn2)CC1. The van der Waals surface area contributed by atoms with Gasteiger partial charge in [-0.25, -0.2) is 9.97 Å². The van der Waals surface area contributed by atoms with Crippen molar-refractivity contribution in [2.24, 2.45) is 0 Å². The number of methoxy groups -OCH3 is 1. The highest BCUT2D eigenvalue weighted by atomic mass is 32.2. The first-order valence-electron chi connectivity index (χ1n) is 9.49. The zero-order valence-corrected chi connectivity index (χ0v) is 17.4. The molecule has 1 N–H and O–H groups in total. The molecule has 2 aromatic rings. The molecule has 0 aliphatic carbocycles. The number of pyridine rings is 2. The Morgan fingerprint density at radius 1 is 1.17 bits per heavy atom. The van der Waals surface area contributed by atoms with Gasteiger partial charge in [0.1, 0.15) is 17.5 Å². The average molecular weight is 416 g/mol. The van der Waals surface area contributed by atoms with Crippen LogP contribution in [0.15, 0.2) is 41.7 Å². The van der Waals surface area contributed by atoms with Gasteiger partial charge in [0, 0.05) is 39.5 Å². The van der Waals surface area contributed by atoms with Crippen molar-refractivity contribution in [3.63, 3.8) is 0 Å². The Morgan fingerprint density at radius 3 is 2.62 bits per heavy atom. The summed E-state index contributed by atoms with van der Waals surface area (Å²) in [5, 5.41) is 3.51. The molecular weight excluding hydrogens is 390 g/mol. The molecule has 154 valence electrons. The van der Waals surface area contributed by atoms with Crippen molar-refractivity contribution in [3.8, 4) is 0 Å². The number of piperazine rings is 1. The smallest absolute Gasteiger partial charge is 0.256 e. The lowest BCUT2D eigenvalue weighted by molar-refractivity contribution is -0.119. The Kier molecular flexibility index (Phi) is 7.42. The third-order valence-electron chi connectivity index (χ3n) is 4.48. The van der Waals surface area contributed by atoms with Gasteiger partial charge in [0.2, 0.25) is 5.91 Å². The quantitative estimate of drug-likeness (QED) is 0.693. The molecule has 1 aliphatic heterocycles. The molecule has 8 nitrogen and oxygen atoms in total. The van der Waals surface area contributed by atoms with E-state index in [0.717, 1.165) is 16.6 Å². The molecule has 1 saturated heterocycles. The minimum Gasteiger partial charge on any atom is -0.375 e. The standard InChI is InChI=1S/C20H25N5O3S/c1-3-29-19-16(5-4-8-21-19)20(27)25-11-9-24(10-12-25)17-7-6-15(13-22-17)23-18(26)14-28-2/h4-8,13H,3,9-12,14H2,1-2H3,(H,23,26). The zero-order valence-electron chi connectivity index (χ0n) is 16.6. The summed E-state index contributed by atoms with van der Waals surface area (Å²) in [4.78, 5) is 37.3. The second-order valence-corrected chi connectivity index (χ2v) is 7.71. The van der Waals surface area contributed by atoms with E-state index >= 15 is 0 Å². The molecule has 0 bridgehead atoms. The summed E-state index contributed by atoms with van der Waals surface area (Å²) in [6.45, 7) is 4.70. The normalized spacial score (nSPS) is 14.0. The highest BCUT2D eigenvalue weighted by Crippen LogP contribution is 2.22. The van der Waals surface area contributed by atoms with E-state index < -0.39 is 0 Å². The molecule has 2 amide bonds. The lowest BCUT2D eigenvalue weighted by Gasteiger charge is -2.35. The lowest BCUT2D eigenvalue weighted by atomic mass is 10.2. The Labute approximate surface area is 174 Å². The van der Waals surface area contributed by atoms with Crippen LogP contribution in [0.5, 0.6) is 0 Å². The van der Waals surface area contributed by atoms with Gasteiger partial charge in [0.25, 0.3) is 5.91 Å². The maximum atomic E-state index is 12.9. The van der Waals surface area contributed by atoms with E-state index in [2.05, 4.69) is 20.2 Å². The Morgan fingerprint density at radius 2 is 1.97 bits per heavy atom. The molecule has 0 radical (unpaired) electrons. The molecule has 29 heavy (non-hydrogen) atoms. The highest BCUT2D eigenvalue weighted by molar-refractivity contribution is 7.99. The van der Waals surface area contributed by atoms with Crippen molar-refractivity contribution in [3.05, 3.63) is 42.2 Å². The van der Waals surface area contributed by atoms with Gasteiger partial charge in [-0.05, 0) is 30.0 Å². The van der Waals surface area contributed by atoms with Crippen LogP contribution in [0, 0.1) is 0 Å². The van der Waals surface area contributed by atoms with E-state index in [-0.39, 0.29) is 18.4 Å². The molecular formula is C20H25N5O3S. The van der Waals surface area contributed by atoms with Gasteiger partial charge in [-0.1, -0.05) is 6.92 Å². The van der Waals surface area contributed by atoms with Crippen LogP contribution in [0.4, 0.5) is 11.5 Å². The second-order valence-electron chi connectivity index (χ2n) is 6.45. The maximum Gasteiger partial charge on any atom is 0.256 e. The molecule has 0 spiro atoms. The number of carbonyl (C=O) groups is 2. The third kappa shape index (κ3) is 5.45. The number of nitrogens with one attached hydrogen (secondary N) is 1. The molecule has 0 unspecified atom stereocenters. The van der Waals surface area contributed by atoms with Crippen molar-refractivity contribution in [1.82, 2.24) is 14.9 Å².